The molecule has 1 heterocycles. The molecule has 4 aliphatic rings. The summed E-state index contributed by atoms with van der Waals surface area (Å²) >= 11 is 0. The van der Waals surface area contributed by atoms with Gasteiger partial charge in [0.1, 0.15) is 0 Å². The molecule has 4 bridgehead atoms. The van der Waals surface area contributed by atoms with Gasteiger partial charge in [-0.25, -0.2) is 4.79 Å². The molecular weight excluding hydrogens is 346 g/mol. The maximum absolute atomic E-state index is 12.8. The largest absolute Gasteiger partial charge is 0.462 e. The summed E-state index contributed by atoms with van der Waals surface area (Å²) in [6, 6.07) is 12.5. The van der Waals surface area contributed by atoms with Crippen LogP contribution in [0.25, 0.3) is 11.3 Å². The first kappa shape index (κ1) is 18.0. The fraction of sp³-hybridized carbons (Fsp3) is 0.560. The minimum absolute atomic E-state index is 0.167. The monoisotopic (exact) mass is 377 g/mol. The van der Waals surface area contributed by atoms with E-state index >= 15 is 0 Å². The Morgan fingerprint density at radius 3 is 2.25 bits per heavy atom. The summed E-state index contributed by atoms with van der Waals surface area (Å²) < 4.78 is 7.71. The van der Waals surface area contributed by atoms with Gasteiger partial charge in [-0.3, -0.25) is 0 Å². The number of esters is 1. The SMILES string of the molecule is CCOC(=O)c1cc(-c2ccccc2)n(C)c1CC12CC3CC(CC(C3)C1)C2. The first-order valence-corrected chi connectivity index (χ1v) is 11.0. The summed E-state index contributed by atoms with van der Waals surface area (Å²) in [4.78, 5) is 12.8. The lowest BCUT2D eigenvalue weighted by Gasteiger charge is -2.57. The molecule has 0 amide bonds. The van der Waals surface area contributed by atoms with E-state index in [2.05, 4.69) is 41.9 Å². The van der Waals surface area contributed by atoms with E-state index in [0.717, 1.165) is 41.0 Å². The third kappa shape index (κ3) is 3.00. The molecule has 4 saturated carbocycles. The molecule has 0 saturated heterocycles. The second kappa shape index (κ2) is 6.79. The Morgan fingerprint density at radius 1 is 1.07 bits per heavy atom. The van der Waals surface area contributed by atoms with Crippen LogP contribution in [0.15, 0.2) is 36.4 Å². The lowest BCUT2D eigenvalue weighted by Crippen LogP contribution is -2.47. The molecule has 4 aliphatic carbocycles. The van der Waals surface area contributed by atoms with Gasteiger partial charge in [-0.15, -0.1) is 0 Å². The first-order chi connectivity index (χ1) is 13.6. The van der Waals surface area contributed by atoms with Gasteiger partial charge in [0.05, 0.1) is 12.2 Å². The molecule has 0 N–H and O–H groups in total. The molecule has 0 aliphatic heterocycles. The maximum Gasteiger partial charge on any atom is 0.339 e. The van der Waals surface area contributed by atoms with Crippen LogP contribution in [0, 0.1) is 23.2 Å². The molecule has 0 spiro atoms. The van der Waals surface area contributed by atoms with Crippen LogP contribution in [0.3, 0.4) is 0 Å². The van der Waals surface area contributed by atoms with Crippen molar-refractivity contribution in [2.24, 2.45) is 30.2 Å². The average Bonchev–Trinajstić information content (AvgIpc) is 2.98. The van der Waals surface area contributed by atoms with E-state index < -0.39 is 0 Å². The van der Waals surface area contributed by atoms with Crippen molar-refractivity contribution >= 4 is 5.97 Å². The third-order valence-corrected chi connectivity index (χ3v) is 7.63. The van der Waals surface area contributed by atoms with Crippen LogP contribution in [0.5, 0.6) is 0 Å². The maximum atomic E-state index is 12.8. The second-order valence-corrected chi connectivity index (χ2v) is 9.63. The van der Waals surface area contributed by atoms with Crippen LogP contribution in [-0.4, -0.2) is 17.1 Å². The lowest BCUT2D eigenvalue weighted by molar-refractivity contribution is -0.0530. The van der Waals surface area contributed by atoms with Crippen LogP contribution >= 0.6 is 0 Å². The topological polar surface area (TPSA) is 31.2 Å². The summed E-state index contributed by atoms with van der Waals surface area (Å²) in [5, 5.41) is 0. The van der Waals surface area contributed by atoms with Gasteiger partial charge < -0.3 is 9.30 Å². The van der Waals surface area contributed by atoms with Gasteiger partial charge in [0.15, 0.2) is 0 Å². The highest BCUT2D eigenvalue weighted by Gasteiger charge is 2.51. The summed E-state index contributed by atoms with van der Waals surface area (Å²) in [5.41, 5.74) is 4.63. The van der Waals surface area contributed by atoms with Crippen molar-refractivity contribution in [1.82, 2.24) is 4.57 Å². The highest BCUT2D eigenvalue weighted by molar-refractivity contribution is 5.93. The Bertz CT molecular complexity index is 844. The van der Waals surface area contributed by atoms with Gasteiger partial charge in [-0.2, -0.15) is 0 Å². The van der Waals surface area contributed by atoms with E-state index in [-0.39, 0.29) is 5.97 Å². The van der Waals surface area contributed by atoms with Gasteiger partial charge in [0.25, 0.3) is 0 Å². The Balaban J connectivity index is 1.54. The van der Waals surface area contributed by atoms with Crippen molar-refractivity contribution in [1.29, 1.82) is 0 Å². The number of ether oxygens (including phenoxy) is 1. The van der Waals surface area contributed by atoms with Crippen LogP contribution in [0.2, 0.25) is 0 Å². The average molecular weight is 378 g/mol. The highest BCUT2D eigenvalue weighted by Crippen LogP contribution is 2.61. The van der Waals surface area contributed by atoms with Crippen molar-refractivity contribution in [3.8, 4) is 11.3 Å². The molecule has 2 aromatic rings. The zero-order valence-electron chi connectivity index (χ0n) is 17.1. The van der Waals surface area contributed by atoms with Gasteiger partial charge in [-0.05, 0) is 86.7 Å². The van der Waals surface area contributed by atoms with Gasteiger partial charge in [0.2, 0.25) is 0 Å². The lowest BCUT2D eigenvalue weighted by atomic mass is 9.48. The number of hydrogen-bond donors (Lipinski definition) is 0. The van der Waals surface area contributed by atoms with Crippen LogP contribution in [-0.2, 0) is 18.2 Å². The Morgan fingerprint density at radius 2 is 1.68 bits per heavy atom. The Kier molecular flexibility index (Phi) is 4.37. The number of carbonyl (C=O) groups excluding carboxylic acids is 1. The Hall–Kier alpha value is -2.03. The zero-order chi connectivity index (χ0) is 19.3. The molecule has 4 fully saturated rings. The van der Waals surface area contributed by atoms with E-state index in [4.69, 9.17) is 4.74 Å². The van der Waals surface area contributed by atoms with Crippen LogP contribution in [0.4, 0.5) is 0 Å². The van der Waals surface area contributed by atoms with Crippen molar-refractivity contribution < 1.29 is 9.53 Å². The highest BCUT2D eigenvalue weighted by atomic mass is 16.5. The minimum Gasteiger partial charge on any atom is -0.462 e. The van der Waals surface area contributed by atoms with Crippen LogP contribution < -0.4 is 0 Å². The Labute approximate surface area is 168 Å². The number of hydrogen-bond acceptors (Lipinski definition) is 2. The van der Waals surface area contributed by atoms with E-state index in [1.54, 1.807) is 0 Å². The van der Waals surface area contributed by atoms with E-state index in [9.17, 15) is 4.79 Å². The van der Waals surface area contributed by atoms with E-state index in [0.29, 0.717) is 12.0 Å². The van der Waals surface area contributed by atoms with Gasteiger partial charge in [-0.1, -0.05) is 30.3 Å². The van der Waals surface area contributed by atoms with Gasteiger partial charge in [0, 0.05) is 18.4 Å². The summed E-state index contributed by atoms with van der Waals surface area (Å²) in [6.45, 7) is 2.31. The standard InChI is InChI=1S/C25H31NO2/c1-3-28-24(27)21-12-22(20-7-5-4-6-8-20)26(2)23(21)16-25-13-17-9-18(14-25)11-19(10-17)15-25/h4-8,12,17-19H,3,9-11,13-16H2,1-2H3. The van der Waals surface area contributed by atoms with Crippen molar-refractivity contribution in [3.05, 3.63) is 47.7 Å². The minimum atomic E-state index is -0.167. The number of nitrogens with zero attached hydrogens (tertiary/aromatic N) is 1. The van der Waals surface area contributed by atoms with Crippen LogP contribution in [0.1, 0.15) is 61.5 Å². The molecule has 3 nitrogen and oxygen atoms in total. The van der Waals surface area contributed by atoms with Crippen molar-refractivity contribution in [2.45, 2.75) is 51.9 Å². The second-order valence-electron chi connectivity index (χ2n) is 9.63. The molecule has 1 aromatic carbocycles. The molecule has 0 atom stereocenters. The summed E-state index contributed by atoms with van der Waals surface area (Å²) in [7, 11) is 2.13. The third-order valence-electron chi connectivity index (χ3n) is 7.63. The number of rotatable bonds is 5. The fourth-order valence-electron chi connectivity index (χ4n) is 6.99. The number of aromatic nitrogens is 1. The molecule has 28 heavy (non-hydrogen) atoms. The molecule has 0 unspecified atom stereocenters. The van der Waals surface area contributed by atoms with E-state index in [1.807, 2.05) is 13.0 Å². The smallest absolute Gasteiger partial charge is 0.339 e. The van der Waals surface area contributed by atoms with Crippen molar-refractivity contribution in [2.75, 3.05) is 6.61 Å². The predicted octanol–water partition coefficient (Wildman–Crippen LogP) is 5.63. The first-order valence-electron chi connectivity index (χ1n) is 11.0. The molecular formula is C25H31NO2. The molecule has 6 rings (SSSR count). The van der Waals surface area contributed by atoms with Gasteiger partial charge >= 0.3 is 5.97 Å². The molecule has 1 aromatic heterocycles. The zero-order valence-corrected chi connectivity index (χ0v) is 17.1. The predicted molar refractivity (Wildman–Crippen MR) is 111 cm³/mol. The fourth-order valence-corrected chi connectivity index (χ4v) is 6.99. The normalized spacial score (nSPS) is 30.6. The summed E-state index contributed by atoms with van der Waals surface area (Å²) in [6.07, 6.45) is 9.44. The number of benzene rings is 1. The number of carbonyl (C=O) groups is 1. The van der Waals surface area contributed by atoms with Crippen molar-refractivity contribution in [3.63, 3.8) is 0 Å². The molecule has 0 radical (unpaired) electrons. The molecule has 3 heteroatoms. The van der Waals surface area contributed by atoms with E-state index in [1.165, 1.54) is 44.2 Å². The summed E-state index contributed by atoms with van der Waals surface area (Å²) in [5.74, 6) is 2.60. The quantitative estimate of drug-likeness (QED) is 0.633. The molecule has 148 valence electrons.